The molecule has 0 amide bonds. The van der Waals surface area contributed by atoms with Crippen LogP contribution in [-0.4, -0.2) is 42.3 Å². The summed E-state index contributed by atoms with van der Waals surface area (Å²) in [6, 6.07) is 0. The molecule has 29 heavy (non-hydrogen) atoms. The van der Waals surface area contributed by atoms with Crippen LogP contribution in [0, 0.1) is 57.7 Å². The molecule has 0 aliphatic heterocycles. The van der Waals surface area contributed by atoms with E-state index in [0.29, 0.717) is 24.9 Å². The second-order valence-corrected chi connectivity index (χ2v) is 9.99. The lowest BCUT2D eigenvalue weighted by Crippen LogP contribution is -2.63. The fourth-order valence-corrected chi connectivity index (χ4v) is 8.03. The lowest BCUT2D eigenvalue weighted by molar-refractivity contribution is -0.186. The monoisotopic (exact) mass is 400 g/mol. The summed E-state index contributed by atoms with van der Waals surface area (Å²) in [4.78, 5) is 26.0. The first-order valence-corrected chi connectivity index (χ1v) is 10.9. The normalized spacial score (nSPS) is 44.2. The average Bonchev–Trinajstić information content (AvgIpc) is 3.25. The van der Waals surface area contributed by atoms with Gasteiger partial charge in [-0.2, -0.15) is 0 Å². The molecule has 7 unspecified atom stereocenters. The van der Waals surface area contributed by atoms with Gasteiger partial charge in [0.05, 0.1) is 12.0 Å². The number of aliphatic hydroxyl groups is 1. The number of aldehydes is 1. The standard InChI is InChI=1S/C24H32O5/c1-15(2)20-10-17-11-22(13-26)19-7-6-16(3)18(19)12-23(17,24(20,22)21(27)28)14-29-9-5-4-8-25/h10,13,15-19,25H,6-9,11-12,14H2,1-3H3,(H,27,28). The highest BCUT2D eigenvalue weighted by Gasteiger charge is 2.84. The van der Waals surface area contributed by atoms with E-state index in [9.17, 15) is 14.7 Å². The van der Waals surface area contributed by atoms with Gasteiger partial charge in [-0.25, -0.2) is 0 Å². The van der Waals surface area contributed by atoms with Crippen LogP contribution in [0.5, 0.6) is 0 Å². The van der Waals surface area contributed by atoms with E-state index >= 15 is 0 Å². The topological polar surface area (TPSA) is 83.8 Å². The zero-order valence-electron chi connectivity index (χ0n) is 17.6. The minimum Gasteiger partial charge on any atom is -0.481 e. The lowest BCUT2D eigenvalue weighted by Gasteiger charge is -2.58. The fraction of sp³-hybridized carbons (Fsp3) is 0.750. The zero-order chi connectivity index (χ0) is 21.0. The van der Waals surface area contributed by atoms with E-state index in [0.717, 1.165) is 31.1 Å². The summed E-state index contributed by atoms with van der Waals surface area (Å²) < 4.78 is 5.96. The van der Waals surface area contributed by atoms with E-state index in [-0.39, 0.29) is 31.0 Å². The van der Waals surface area contributed by atoms with Crippen LogP contribution in [0.1, 0.15) is 46.5 Å². The van der Waals surface area contributed by atoms with E-state index < -0.39 is 22.2 Å². The first kappa shape index (κ1) is 20.6. The van der Waals surface area contributed by atoms with Crippen molar-refractivity contribution in [1.82, 2.24) is 0 Å². The van der Waals surface area contributed by atoms with Gasteiger partial charge < -0.3 is 19.7 Å². The van der Waals surface area contributed by atoms with Crippen molar-refractivity contribution in [3.8, 4) is 11.8 Å². The maximum absolute atomic E-state index is 13.2. The number of hydrogen-bond acceptors (Lipinski definition) is 4. The van der Waals surface area contributed by atoms with Gasteiger partial charge in [-0.05, 0) is 48.9 Å². The predicted molar refractivity (Wildman–Crippen MR) is 108 cm³/mol. The summed E-state index contributed by atoms with van der Waals surface area (Å²) in [6.45, 7) is 6.58. The lowest BCUT2D eigenvalue weighted by atomic mass is 9.43. The number of carboxylic acid groups (broad SMARTS) is 1. The SMILES string of the molecule is CC(C)C1=CC2CC3(C=O)C4CCC(C)C4CC2(COCC#CCO)C13C(=O)O. The molecule has 158 valence electrons. The van der Waals surface area contributed by atoms with Crippen LogP contribution >= 0.6 is 0 Å². The van der Waals surface area contributed by atoms with Crippen LogP contribution in [0.15, 0.2) is 11.6 Å². The molecular formula is C24H32O5. The van der Waals surface area contributed by atoms with Crippen molar-refractivity contribution in [2.75, 3.05) is 19.8 Å². The van der Waals surface area contributed by atoms with Crippen molar-refractivity contribution in [1.29, 1.82) is 0 Å². The Hall–Kier alpha value is -1.64. The van der Waals surface area contributed by atoms with Gasteiger partial charge in [0.2, 0.25) is 0 Å². The predicted octanol–water partition coefficient (Wildman–Crippen LogP) is 2.92. The molecule has 4 bridgehead atoms. The van der Waals surface area contributed by atoms with Crippen LogP contribution in [0.4, 0.5) is 0 Å². The van der Waals surface area contributed by atoms with Crippen molar-refractivity contribution in [2.24, 2.45) is 45.8 Å². The highest BCUT2D eigenvalue weighted by atomic mass is 16.5. The molecule has 3 fully saturated rings. The molecule has 0 heterocycles. The van der Waals surface area contributed by atoms with E-state index in [2.05, 4.69) is 24.8 Å². The molecule has 7 atom stereocenters. The smallest absolute Gasteiger partial charge is 0.315 e. The van der Waals surface area contributed by atoms with Gasteiger partial charge in [-0.15, -0.1) is 0 Å². The molecule has 0 saturated heterocycles. The summed E-state index contributed by atoms with van der Waals surface area (Å²) in [7, 11) is 0. The number of carboxylic acids is 1. The molecule has 3 saturated carbocycles. The molecule has 0 aromatic heterocycles. The van der Waals surface area contributed by atoms with Gasteiger partial charge in [-0.1, -0.05) is 50.7 Å². The van der Waals surface area contributed by atoms with E-state index in [4.69, 9.17) is 9.84 Å². The minimum absolute atomic E-state index is 0.0461. The van der Waals surface area contributed by atoms with Gasteiger partial charge in [0.1, 0.15) is 24.9 Å². The van der Waals surface area contributed by atoms with Crippen LogP contribution in [0.2, 0.25) is 0 Å². The summed E-state index contributed by atoms with van der Waals surface area (Å²) in [6.07, 6.45) is 6.63. The van der Waals surface area contributed by atoms with Crippen molar-refractivity contribution >= 4 is 12.3 Å². The second kappa shape index (κ2) is 6.96. The Bertz CT molecular complexity index is 804. The van der Waals surface area contributed by atoms with E-state index in [1.165, 1.54) is 0 Å². The number of allylic oxidation sites excluding steroid dienone is 1. The Labute approximate surface area is 172 Å². The van der Waals surface area contributed by atoms with Crippen molar-refractivity contribution < 1.29 is 24.5 Å². The Kier molecular flexibility index (Phi) is 4.95. The Morgan fingerprint density at radius 2 is 2.10 bits per heavy atom. The zero-order valence-corrected chi connectivity index (χ0v) is 17.6. The highest BCUT2D eigenvalue weighted by molar-refractivity contribution is 5.90. The van der Waals surface area contributed by atoms with Gasteiger partial charge in [0.15, 0.2) is 0 Å². The molecule has 4 aliphatic rings. The Morgan fingerprint density at radius 3 is 2.72 bits per heavy atom. The molecule has 0 radical (unpaired) electrons. The van der Waals surface area contributed by atoms with Crippen molar-refractivity contribution in [3.63, 3.8) is 0 Å². The van der Waals surface area contributed by atoms with Crippen LogP contribution in [0.3, 0.4) is 0 Å². The number of aliphatic hydroxyl groups excluding tert-OH is 1. The van der Waals surface area contributed by atoms with Gasteiger partial charge in [-0.3, -0.25) is 4.79 Å². The molecular weight excluding hydrogens is 368 g/mol. The van der Waals surface area contributed by atoms with Gasteiger partial charge >= 0.3 is 5.97 Å². The molecule has 4 aliphatic carbocycles. The third-order valence-electron chi connectivity index (χ3n) is 8.86. The molecule has 0 aromatic rings. The molecule has 2 N–H and O–H groups in total. The number of carbonyl (C=O) groups is 2. The third kappa shape index (κ3) is 2.31. The summed E-state index contributed by atoms with van der Waals surface area (Å²) in [5, 5.41) is 19.7. The number of fused-ring (bicyclic) bond motifs is 2. The average molecular weight is 401 g/mol. The summed E-state index contributed by atoms with van der Waals surface area (Å²) >= 11 is 0. The fourth-order valence-electron chi connectivity index (χ4n) is 8.03. The second-order valence-electron chi connectivity index (χ2n) is 9.99. The number of rotatable bonds is 6. The molecule has 5 nitrogen and oxygen atoms in total. The van der Waals surface area contributed by atoms with Crippen molar-refractivity contribution in [2.45, 2.75) is 46.5 Å². The van der Waals surface area contributed by atoms with Gasteiger partial charge in [0, 0.05) is 5.41 Å². The maximum atomic E-state index is 13.2. The first-order valence-electron chi connectivity index (χ1n) is 10.9. The highest BCUT2D eigenvalue weighted by Crippen LogP contribution is 2.82. The quantitative estimate of drug-likeness (QED) is 0.310. The summed E-state index contributed by atoms with van der Waals surface area (Å²) in [5.74, 6) is 5.63. The number of ether oxygens (including phenoxy) is 1. The number of carbonyl (C=O) groups excluding carboxylic acids is 1. The number of aliphatic carboxylic acids is 1. The molecule has 5 heteroatoms. The molecule has 4 rings (SSSR count). The Morgan fingerprint density at radius 1 is 1.34 bits per heavy atom. The Balaban J connectivity index is 1.86. The van der Waals surface area contributed by atoms with Crippen LogP contribution in [-0.2, 0) is 14.3 Å². The molecule has 0 aromatic carbocycles. The van der Waals surface area contributed by atoms with Gasteiger partial charge in [0.25, 0.3) is 0 Å². The molecule has 0 spiro atoms. The van der Waals surface area contributed by atoms with Crippen LogP contribution < -0.4 is 0 Å². The minimum atomic E-state index is -1.18. The van der Waals surface area contributed by atoms with Crippen molar-refractivity contribution in [3.05, 3.63) is 11.6 Å². The first-order chi connectivity index (χ1) is 13.8. The van der Waals surface area contributed by atoms with E-state index in [1.807, 2.05) is 13.8 Å². The maximum Gasteiger partial charge on any atom is 0.315 e. The third-order valence-corrected chi connectivity index (χ3v) is 8.86. The van der Waals surface area contributed by atoms with Crippen LogP contribution in [0.25, 0.3) is 0 Å². The largest absolute Gasteiger partial charge is 0.481 e. The summed E-state index contributed by atoms with van der Waals surface area (Å²) in [5.41, 5.74) is -1.70. The van der Waals surface area contributed by atoms with E-state index in [1.54, 1.807) is 0 Å². The number of hydrogen-bond donors (Lipinski definition) is 2.